The Balaban J connectivity index is 1.49. The van der Waals surface area contributed by atoms with Crippen molar-refractivity contribution >= 4 is 5.91 Å². The van der Waals surface area contributed by atoms with Gasteiger partial charge >= 0.3 is 0 Å². The highest BCUT2D eigenvalue weighted by Crippen LogP contribution is 2.16. The van der Waals surface area contributed by atoms with Crippen molar-refractivity contribution in [3.63, 3.8) is 0 Å². The number of nitrogens with zero attached hydrogens (tertiary/aromatic N) is 3. The molecule has 2 aromatic rings. The number of pyridine rings is 1. The van der Waals surface area contributed by atoms with E-state index in [2.05, 4.69) is 15.4 Å². The molecule has 3 rings (SSSR count). The standard InChI is InChI=1S/C18H24N4O2/c1-13-10-14(2)22(21-13)17-7-5-15(11-19-17)12-20-18(23)8-6-16-4-3-9-24-16/h5,7,10-11,16H,3-4,6,8-9,12H2,1-2H3,(H,20,23)/t16-/m1/s1. The van der Waals surface area contributed by atoms with Gasteiger partial charge in [-0.05, 0) is 50.8 Å². The molecule has 0 aromatic carbocycles. The van der Waals surface area contributed by atoms with Gasteiger partial charge < -0.3 is 10.1 Å². The number of carbonyl (C=O) groups is 1. The van der Waals surface area contributed by atoms with Crippen molar-refractivity contribution in [2.75, 3.05) is 6.61 Å². The number of rotatable bonds is 6. The summed E-state index contributed by atoms with van der Waals surface area (Å²) in [5.41, 5.74) is 3.00. The van der Waals surface area contributed by atoms with E-state index in [-0.39, 0.29) is 12.0 Å². The maximum absolute atomic E-state index is 11.9. The first-order valence-electron chi connectivity index (χ1n) is 8.48. The lowest BCUT2D eigenvalue weighted by molar-refractivity contribution is -0.121. The van der Waals surface area contributed by atoms with Crippen LogP contribution in [0.25, 0.3) is 5.82 Å². The van der Waals surface area contributed by atoms with Crippen LogP contribution in [0.1, 0.15) is 42.6 Å². The number of nitrogens with one attached hydrogen (secondary N) is 1. The van der Waals surface area contributed by atoms with Crippen LogP contribution in [0.5, 0.6) is 0 Å². The third-order valence-corrected chi connectivity index (χ3v) is 4.24. The first-order valence-corrected chi connectivity index (χ1v) is 8.48. The Morgan fingerprint density at radius 1 is 1.42 bits per heavy atom. The van der Waals surface area contributed by atoms with Crippen LogP contribution in [0.3, 0.4) is 0 Å². The SMILES string of the molecule is Cc1cc(C)n(-c2ccc(CNC(=O)CC[C@H]3CCCO3)cn2)n1. The van der Waals surface area contributed by atoms with Gasteiger partial charge in [-0.2, -0.15) is 5.10 Å². The molecule has 1 aliphatic rings. The monoisotopic (exact) mass is 328 g/mol. The number of amides is 1. The molecule has 0 aliphatic carbocycles. The summed E-state index contributed by atoms with van der Waals surface area (Å²) in [5, 5.41) is 7.36. The highest BCUT2D eigenvalue weighted by atomic mass is 16.5. The Kier molecular flexibility index (Phi) is 5.25. The Hall–Kier alpha value is -2.21. The molecule has 0 bridgehead atoms. The molecule has 0 unspecified atom stereocenters. The fourth-order valence-electron chi connectivity index (χ4n) is 2.96. The third-order valence-electron chi connectivity index (χ3n) is 4.24. The van der Waals surface area contributed by atoms with Crippen LogP contribution >= 0.6 is 0 Å². The molecule has 0 saturated carbocycles. The molecule has 1 N–H and O–H groups in total. The summed E-state index contributed by atoms with van der Waals surface area (Å²) in [6.07, 6.45) is 5.55. The smallest absolute Gasteiger partial charge is 0.220 e. The topological polar surface area (TPSA) is 69.0 Å². The Labute approximate surface area is 142 Å². The van der Waals surface area contributed by atoms with E-state index in [1.165, 1.54) is 0 Å². The second kappa shape index (κ2) is 7.57. The predicted octanol–water partition coefficient (Wildman–Crippen LogP) is 2.46. The van der Waals surface area contributed by atoms with Crippen molar-refractivity contribution in [3.8, 4) is 5.82 Å². The van der Waals surface area contributed by atoms with E-state index < -0.39 is 0 Å². The minimum atomic E-state index is 0.0631. The van der Waals surface area contributed by atoms with Gasteiger partial charge in [0.2, 0.25) is 5.91 Å². The number of aromatic nitrogens is 3. The first-order chi connectivity index (χ1) is 11.6. The van der Waals surface area contributed by atoms with Crippen LogP contribution in [0.2, 0.25) is 0 Å². The molecule has 3 heterocycles. The van der Waals surface area contributed by atoms with Crippen LogP contribution in [-0.2, 0) is 16.1 Å². The molecule has 1 aliphatic heterocycles. The minimum Gasteiger partial charge on any atom is -0.378 e. The Morgan fingerprint density at radius 2 is 2.29 bits per heavy atom. The van der Waals surface area contributed by atoms with Gasteiger partial charge in [-0.25, -0.2) is 9.67 Å². The summed E-state index contributed by atoms with van der Waals surface area (Å²) in [4.78, 5) is 16.3. The second-order valence-electron chi connectivity index (χ2n) is 6.31. The Morgan fingerprint density at radius 3 is 2.92 bits per heavy atom. The molecule has 1 fully saturated rings. The maximum atomic E-state index is 11.9. The average Bonchev–Trinajstić information content (AvgIpc) is 3.21. The molecule has 1 atom stereocenters. The van der Waals surface area contributed by atoms with Gasteiger partial charge in [0.25, 0.3) is 0 Å². The van der Waals surface area contributed by atoms with Crippen molar-refractivity contribution in [2.24, 2.45) is 0 Å². The van der Waals surface area contributed by atoms with Crippen LogP contribution in [0.15, 0.2) is 24.4 Å². The van der Waals surface area contributed by atoms with Gasteiger partial charge in [0.1, 0.15) is 0 Å². The van der Waals surface area contributed by atoms with Crippen molar-refractivity contribution in [3.05, 3.63) is 41.3 Å². The zero-order valence-electron chi connectivity index (χ0n) is 14.3. The van der Waals surface area contributed by atoms with Crippen molar-refractivity contribution in [1.29, 1.82) is 0 Å². The lowest BCUT2D eigenvalue weighted by atomic mass is 10.1. The van der Waals surface area contributed by atoms with Crippen molar-refractivity contribution in [1.82, 2.24) is 20.1 Å². The number of carbonyl (C=O) groups excluding carboxylic acids is 1. The van der Waals surface area contributed by atoms with Gasteiger partial charge in [-0.3, -0.25) is 4.79 Å². The van der Waals surface area contributed by atoms with Crippen LogP contribution in [0, 0.1) is 13.8 Å². The highest BCUT2D eigenvalue weighted by Gasteiger charge is 2.16. The normalized spacial score (nSPS) is 17.2. The lowest BCUT2D eigenvalue weighted by Crippen LogP contribution is -2.24. The predicted molar refractivity (Wildman–Crippen MR) is 90.9 cm³/mol. The fourth-order valence-corrected chi connectivity index (χ4v) is 2.96. The number of aryl methyl sites for hydroxylation is 2. The molecule has 6 nitrogen and oxygen atoms in total. The number of hydrogen-bond donors (Lipinski definition) is 1. The minimum absolute atomic E-state index is 0.0631. The lowest BCUT2D eigenvalue weighted by Gasteiger charge is -2.10. The van der Waals surface area contributed by atoms with Gasteiger partial charge in [-0.15, -0.1) is 0 Å². The van der Waals surface area contributed by atoms with E-state index in [4.69, 9.17) is 4.74 Å². The van der Waals surface area contributed by atoms with E-state index in [0.29, 0.717) is 13.0 Å². The highest BCUT2D eigenvalue weighted by molar-refractivity contribution is 5.75. The van der Waals surface area contributed by atoms with Crippen molar-refractivity contribution < 1.29 is 9.53 Å². The molecule has 128 valence electrons. The van der Waals surface area contributed by atoms with E-state index in [9.17, 15) is 4.79 Å². The fraction of sp³-hybridized carbons (Fsp3) is 0.500. The zero-order chi connectivity index (χ0) is 16.9. The summed E-state index contributed by atoms with van der Waals surface area (Å²) < 4.78 is 7.35. The molecular formula is C18H24N4O2. The Bertz CT molecular complexity index is 688. The zero-order valence-corrected chi connectivity index (χ0v) is 14.3. The molecule has 0 radical (unpaired) electrons. The van der Waals surface area contributed by atoms with Gasteiger partial charge in [0.05, 0.1) is 11.8 Å². The molecule has 0 spiro atoms. The van der Waals surface area contributed by atoms with Crippen LogP contribution in [-0.4, -0.2) is 33.4 Å². The second-order valence-corrected chi connectivity index (χ2v) is 6.31. The summed E-state index contributed by atoms with van der Waals surface area (Å²) in [6.45, 7) is 5.29. The van der Waals surface area contributed by atoms with Crippen LogP contribution < -0.4 is 5.32 Å². The van der Waals surface area contributed by atoms with Gasteiger partial charge in [0, 0.05) is 31.5 Å². The molecule has 24 heavy (non-hydrogen) atoms. The molecule has 6 heteroatoms. The summed E-state index contributed by atoms with van der Waals surface area (Å²) in [6, 6.07) is 5.91. The van der Waals surface area contributed by atoms with Gasteiger partial charge in [-0.1, -0.05) is 6.07 Å². The first kappa shape index (κ1) is 16.6. The van der Waals surface area contributed by atoms with Crippen LogP contribution in [0.4, 0.5) is 0 Å². The maximum Gasteiger partial charge on any atom is 0.220 e. The molecule has 1 saturated heterocycles. The summed E-state index contributed by atoms with van der Waals surface area (Å²) >= 11 is 0. The van der Waals surface area contributed by atoms with E-state index in [1.807, 2.05) is 36.7 Å². The quantitative estimate of drug-likeness (QED) is 0.884. The van der Waals surface area contributed by atoms with Crippen molar-refractivity contribution in [2.45, 2.75) is 52.2 Å². The van der Waals surface area contributed by atoms with E-state index in [1.54, 1.807) is 6.20 Å². The largest absolute Gasteiger partial charge is 0.378 e. The number of ether oxygens (including phenoxy) is 1. The summed E-state index contributed by atoms with van der Waals surface area (Å²) in [7, 11) is 0. The average molecular weight is 328 g/mol. The molecule has 1 amide bonds. The molecule has 2 aromatic heterocycles. The van der Waals surface area contributed by atoms with E-state index >= 15 is 0 Å². The van der Waals surface area contributed by atoms with Gasteiger partial charge in [0.15, 0.2) is 5.82 Å². The van der Waals surface area contributed by atoms with E-state index in [0.717, 1.165) is 48.6 Å². The molecular weight excluding hydrogens is 304 g/mol. The number of hydrogen-bond acceptors (Lipinski definition) is 4. The summed E-state index contributed by atoms with van der Waals surface area (Å²) in [5.74, 6) is 0.849. The third kappa shape index (κ3) is 4.20.